The number of carbonyl (C=O) groups excluding carboxylic acids is 1. The fourth-order valence-electron chi connectivity index (χ4n) is 2.22. The first-order valence-corrected chi connectivity index (χ1v) is 8.72. The van der Waals surface area contributed by atoms with Gasteiger partial charge in [0, 0.05) is 16.7 Å². The van der Waals surface area contributed by atoms with E-state index in [0.717, 1.165) is 37.8 Å². The third kappa shape index (κ3) is 3.42. The van der Waals surface area contributed by atoms with Gasteiger partial charge in [-0.2, -0.15) is 0 Å². The van der Waals surface area contributed by atoms with Crippen LogP contribution in [-0.4, -0.2) is 20.4 Å². The van der Waals surface area contributed by atoms with E-state index in [1.807, 2.05) is 0 Å². The minimum Gasteiger partial charge on any atom is -0.349 e. The van der Waals surface area contributed by atoms with Crippen molar-refractivity contribution >= 4 is 37.2 Å². The summed E-state index contributed by atoms with van der Waals surface area (Å²) in [5, 5.41) is 2.32. The van der Waals surface area contributed by atoms with E-state index in [1.165, 1.54) is 0 Å². The van der Waals surface area contributed by atoms with Crippen molar-refractivity contribution in [2.45, 2.75) is 36.6 Å². The number of amides is 1. The molecule has 0 aromatic heterocycles. The first-order valence-electron chi connectivity index (χ1n) is 6.03. The second kappa shape index (κ2) is 5.87. The molecule has 4 nitrogen and oxygen atoms in total. The van der Waals surface area contributed by atoms with Crippen molar-refractivity contribution in [1.82, 2.24) is 5.32 Å². The Morgan fingerprint density at radius 3 is 2.45 bits per heavy atom. The molecule has 1 aromatic rings. The lowest BCUT2D eigenvalue weighted by atomic mass is 10.1. The Morgan fingerprint density at radius 2 is 1.90 bits per heavy atom. The molecule has 20 heavy (non-hydrogen) atoms. The maximum absolute atomic E-state index is 13.8. The molecule has 8 heteroatoms. The van der Waals surface area contributed by atoms with E-state index in [0.29, 0.717) is 0 Å². The van der Waals surface area contributed by atoms with Crippen LogP contribution < -0.4 is 5.32 Å². The molecular formula is C12H12Cl2FNO3S. The molecule has 1 saturated carbocycles. The molecule has 1 aliphatic carbocycles. The van der Waals surface area contributed by atoms with E-state index in [2.05, 4.69) is 5.32 Å². The van der Waals surface area contributed by atoms with Crippen molar-refractivity contribution in [3.05, 3.63) is 28.5 Å². The molecular weight excluding hydrogens is 328 g/mol. The van der Waals surface area contributed by atoms with Gasteiger partial charge < -0.3 is 5.32 Å². The lowest BCUT2D eigenvalue weighted by Gasteiger charge is -2.13. The Bertz CT molecular complexity index is 642. The number of hydrogen-bond donors (Lipinski definition) is 1. The maximum atomic E-state index is 13.8. The molecule has 2 rings (SSSR count). The van der Waals surface area contributed by atoms with Crippen LogP contribution in [-0.2, 0) is 9.05 Å². The zero-order valence-electron chi connectivity index (χ0n) is 10.3. The van der Waals surface area contributed by atoms with Crippen LogP contribution in [0.1, 0.15) is 36.0 Å². The summed E-state index contributed by atoms with van der Waals surface area (Å²) in [4.78, 5) is 11.5. The monoisotopic (exact) mass is 339 g/mol. The number of hydrogen-bond acceptors (Lipinski definition) is 3. The van der Waals surface area contributed by atoms with E-state index in [1.54, 1.807) is 0 Å². The van der Waals surface area contributed by atoms with Crippen LogP contribution in [0.5, 0.6) is 0 Å². The molecule has 0 heterocycles. The van der Waals surface area contributed by atoms with Gasteiger partial charge >= 0.3 is 0 Å². The molecule has 1 fully saturated rings. The maximum Gasteiger partial charge on any atom is 0.262 e. The van der Waals surface area contributed by atoms with Gasteiger partial charge in [-0.25, -0.2) is 12.8 Å². The molecule has 1 N–H and O–H groups in total. The summed E-state index contributed by atoms with van der Waals surface area (Å²) in [5.41, 5.74) is -0.375. The number of halogens is 3. The van der Waals surface area contributed by atoms with E-state index in [-0.39, 0.29) is 16.6 Å². The van der Waals surface area contributed by atoms with Gasteiger partial charge in [-0.05, 0) is 25.0 Å². The highest BCUT2D eigenvalue weighted by Crippen LogP contribution is 2.28. The van der Waals surface area contributed by atoms with Crippen molar-refractivity contribution in [3.8, 4) is 0 Å². The molecule has 110 valence electrons. The number of rotatable bonds is 3. The van der Waals surface area contributed by atoms with Crippen LogP contribution in [0.25, 0.3) is 0 Å². The summed E-state index contributed by atoms with van der Waals surface area (Å²) in [6.45, 7) is 0. The zero-order valence-corrected chi connectivity index (χ0v) is 12.7. The van der Waals surface area contributed by atoms with E-state index in [9.17, 15) is 17.6 Å². The highest BCUT2D eigenvalue weighted by Gasteiger charge is 2.24. The van der Waals surface area contributed by atoms with Crippen LogP contribution in [0.3, 0.4) is 0 Å². The lowest BCUT2D eigenvalue weighted by Crippen LogP contribution is -2.33. The van der Waals surface area contributed by atoms with Crippen molar-refractivity contribution < 1.29 is 17.6 Å². The molecule has 0 unspecified atom stereocenters. The Morgan fingerprint density at radius 1 is 1.30 bits per heavy atom. The molecule has 0 atom stereocenters. The second-order valence-electron chi connectivity index (χ2n) is 4.66. The highest BCUT2D eigenvalue weighted by molar-refractivity contribution is 8.13. The first kappa shape index (κ1) is 15.5. The zero-order chi connectivity index (χ0) is 14.9. The molecule has 1 aliphatic rings. The molecule has 0 spiro atoms. The van der Waals surface area contributed by atoms with Gasteiger partial charge in [0.15, 0.2) is 0 Å². The van der Waals surface area contributed by atoms with Crippen molar-refractivity contribution in [2.75, 3.05) is 0 Å². The van der Waals surface area contributed by atoms with Crippen LogP contribution in [0.15, 0.2) is 17.0 Å². The van der Waals surface area contributed by atoms with Gasteiger partial charge in [-0.3, -0.25) is 4.79 Å². The number of carbonyl (C=O) groups is 1. The smallest absolute Gasteiger partial charge is 0.262 e. The van der Waals surface area contributed by atoms with E-state index in [4.69, 9.17) is 22.3 Å². The molecule has 0 radical (unpaired) electrons. The molecule has 0 saturated heterocycles. The average Bonchev–Trinajstić information content (AvgIpc) is 2.79. The highest BCUT2D eigenvalue weighted by atomic mass is 35.7. The normalized spacial score (nSPS) is 16.4. The summed E-state index contributed by atoms with van der Waals surface area (Å²) in [5.74, 6) is -1.54. The number of benzene rings is 1. The van der Waals surface area contributed by atoms with Crippen molar-refractivity contribution in [3.63, 3.8) is 0 Å². The third-order valence-corrected chi connectivity index (χ3v) is 5.01. The van der Waals surface area contributed by atoms with Gasteiger partial charge in [0.2, 0.25) is 0 Å². The standard InChI is InChI=1S/C12H12Cl2FNO3S/c13-9-6-10(15)8(5-11(9)20(14,18)19)12(17)16-7-3-1-2-4-7/h5-7H,1-4H2,(H,16,17). The fraction of sp³-hybridized carbons (Fsp3) is 0.417. The predicted octanol–water partition coefficient (Wildman–Crippen LogP) is 3.08. The molecule has 0 aliphatic heterocycles. The summed E-state index contributed by atoms with van der Waals surface area (Å²) < 4.78 is 36.4. The average molecular weight is 340 g/mol. The fourth-order valence-corrected chi connectivity index (χ4v) is 3.73. The largest absolute Gasteiger partial charge is 0.349 e. The summed E-state index contributed by atoms with van der Waals surface area (Å²) in [7, 11) is 1.06. The minimum absolute atomic E-state index is 0.00589. The summed E-state index contributed by atoms with van der Waals surface area (Å²) in [6, 6.07) is 1.64. The van der Waals surface area contributed by atoms with Crippen molar-refractivity contribution in [2.24, 2.45) is 0 Å². The Kier molecular flexibility index (Phi) is 4.56. The van der Waals surface area contributed by atoms with Crippen molar-refractivity contribution in [1.29, 1.82) is 0 Å². The van der Waals surface area contributed by atoms with Gasteiger partial charge in [0.1, 0.15) is 10.7 Å². The van der Waals surface area contributed by atoms with E-state index >= 15 is 0 Å². The Labute approximate surface area is 125 Å². The van der Waals surface area contributed by atoms with Crippen LogP contribution in [0.4, 0.5) is 4.39 Å². The quantitative estimate of drug-likeness (QED) is 0.860. The Hall–Kier alpha value is -0.850. The second-order valence-corrected chi connectivity index (χ2v) is 7.60. The van der Waals surface area contributed by atoms with Crippen LogP contribution in [0.2, 0.25) is 5.02 Å². The van der Waals surface area contributed by atoms with Gasteiger partial charge in [0.05, 0.1) is 10.6 Å². The molecule has 0 bridgehead atoms. The lowest BCUT2D eigenvalue weighted by molar-refractivity contribution is 0.0933. The van der Waals surface area contributed by atoms with Gasteiger partial charge in [-0.1, -0.05) is 24.4 Å². The van der Waals surface area contributed by atoms with Gasteiger partial charge in [-0.15, -0.1) is 0 Å². The predicted molar refractivity (Wildman–Crippen MR) is 74.2 cm³/mol. The summed E-state index contributed by atoms with van der Waals surface area (Å²) in [6.07, 6.45) is 3.69. The van der Waals surface area contributed by atoms with Crippen LogP contribution in [0, 0.1) is 5.82 Å². The van der Waals surface area contributed by atoms with Gasteiger partial charge in [0.25, 0.3) is 15.0 Å². The van der Waals surface area contributed by atoms with E-state index < -0.39 is 25.7 Å². The summed E-state index contributed by atoms with van der Waals surface area (Å²) >= 11 is 5.63. The topological polar surface area (TPSA) is 63.2 Å². The Balaban J connectivity index is 2.33. The SMILES string of the molecule is O=C(NC1CCCC1)c1cc(S(=O)(=O)Cl)c(Cl)cc1F. The van der Waals surface area contributed by atoms with Crippen LogP contribution >= 0.6 is 22.3 Å². The molecule has 1 aromatic carbocycles. The minimum atomic E-state index is -4.14. The number of nitrogens with one attached hydrogen (secondary N) is 1. The third-order valence-electron chi connectivity index (χ3n) is 3.22. The molecule has 1 amide bonds. The first-order chi connectivity index (χ1) is 9.29.